The predicted molar refractivity (Wildman–Crippen MR) is 153 cm³/mol. The summed E-state index contributed by atoms with van der Waals surface area (Å²) in [4.78, 5) is 16.9. The van der Waals surface area contributed by atoms with E-state index in [4.69, 9.17) is 19.2 Å². The number of sulfonamides is 1. The first kappa shape index (κ1) is 29.7. The Hall–Kier alpha value is -3.83. The molecule has 222 valence electrons. The number of nitrogens with one attached hydrogen (secondary N) is 1. The fraction of sp³-hybridized carbons (Fsp3) is 0.355. The zero-order valence-corrected chi connectivity index (χ0v) is 24.3. The number of nitrogens with zero attached hydrogens (tertiary/aromatic N) is 1. The molecule has 0 amide bonds. The zero-order valence-electron chi connectivity index (χ0n) is 23.5. The molecule has 8 nitrogen and oxygen atoms in total. The number of aliphatic imine (C=N–C) groups is 1. The minimum Gasteiger partial charge on any atom is -0.493 e. The molecule has 3 atom stereocenters. The van der Waals surface area contributed by atoms with Crippen molar-refractivity contribution in [3.05, 3.63) is 88.5 Å². The predicted octanol–water partition coefficient (Wildman–Crippen LogP) is 5.50. The molecule has 1 heterocycles. The SMILES string of the molecule is COc1cc2c(cc1OC(F)F)C(c1ccc(CNS(=O)(=O)c3ccc(C)cc3)cc1)=NC1CCC(OC(C)=O)CC21. The Morgan fingerprint density at radius 3 is 2.40 bits per heavy atom. The summed E-state index contributed by atoms with van der Waals surface area (Å²) in [5, 5.41) is 0. The second-order valence-corrected chi connectivity index (χ2v) is 12.3. The van der Waals surface area contributed by atoms with Crippen LogP contribution in [0.25, 0.3) is 0 Å². The van der Waals surface area contributed by atoms with E-state index in [0.29, 0.717) is 30.5 Å². The molecule has 1 fully saturated rings. The van der Waals surface area contributed by atoms with Gasteiger partial charge in [-0.3, -0.25) is 9.79 Å². The largest absolute Gasteiger partial charge is 0.493 e. The van der Waals surface area contributed by atoms with Crippen molar-refractivity contribution in [2.24, 2.45) is 4.99 Å². The molecule has 1 N–H and O–H groups in total. The molecule has 3 aromatic carbocycles. The van der Waals surface area contributed by atoms with Crippen LogP contribution in [-0.4, -0.2) is 46.0 Å². The van der Waals surface area contributed by atoms with E-state index in [9.17, 15) is 22.0 Å². The highest BCUT2D eigenvalue weighted by Crippen LogP contribution is 2.45. The molecule has 0 radical (unpaired) electrons. The number of aryl methyl sites for hydroxylation is 1. The Balaban J connectivity index is 1.44. The Morgan fingerprint density at radius 1 is 1.05 bits per heavy atom. The van der Waals surface area contributed by atoms with Crippen molar-refractivity contribution in [3.63, 3.8) is 0 Å². The fourth-order valence-corrected chi connectivity index (χ4v) is 6.62. The topological polar surface area (TPSA) is 103 Å². The second kappa shape index (κ2) is 12.2. The molecule has 0 saturated heterocycles. The van der Waals surface area contributed by atoms with E-state index in [-0.39, 0.29) is 47.0 Å². The first-order valence-corrected chi connectivity index (χ1v) is 15.1. The molecule has 3 unspecified atom stereocenters. The Kier molecular flexibility index (Phi) is 8.60. The van der Waals surface area contributed by atoms with Gasteiger partial charge in [0.05, 0.1) is 23.8 Å². The van der Waals surface area contributed by atoms with Crippen LogP contribution in [0.15, 0.2) is 70.6 Å². The normalized spacial score (nSPS) is 19.9. The number of carbonyl (C=O) groups is 1. The van der Waals surface area contributed by atoms with E-state index in [1.165, 1.54) is 20.1 Å². The van der Waals surface area contributed by atoms with E-state index in [1.807, 2.05) is 19.1 Å². The third-order valence-electron chi connectivity index (χ3n) is 7.62. The molecule has 0 spiro atoms. The van der Waals surface area contributed by atoms with Crippen molar-refractivity contribution in [3.8, 4) is 11.5 Å². The average Bonchev–Trinajstić information content (AvgIpc) is 2.95. The lowest BCUT2D eigenvalue weighted by molar-refractivity contribution is -0.148. The molecular weight excluding hydrogens is 566 g/mol. The third-order valence-corrected chi connectivity index (χ3v) is 9.04. The van der Waals surface area contributed by atoms with E-state index >= 15 is 0 Å². The number of fused-ring (bicyclic) bond motifs is 3. The summed E-state index contributed by atoms with van der Waals surface area (Å²) in [7, 11) is -2.29. The number of rotatable bonds is 9. The summed E-state index contributed by atoms with van der Waals surface area (Å²) < 4.78 is 70.2. The summed E-state index contributed by atoms with van der Waals surface area (Å²) in [5.41, 5.74) is 4.55. The Morgan fingerprint density at radius 2 is 1.76 bits per heavy atom. The minimum absolute atomic E-state index is 0.0887. The molecule has 1 aliphatic heterocycles. The van der Waals surface area contributed by atoms with Gasteiger partial charge in [0.25, 0.3) is 0 Å². The van der Waals surface area contributed by atoms with Crippen LogP contribution in [-0.2, 0) is 26.1 Å². The molecule has 5 rings (SSSR count). The minimum atomic E-state index is -3.68. The fourth-order valence-electron chi connectivity index (χ4n) is 5.61. The monoisotopic (exact) mass is 598 g/mol. The van der Waals surface area contributed by atoms with Gasteiger partial charge in [0.15, 0.2) is 11.5 Å². The molecule has 11 heteroatoms. The lowest BCUT2D eigenvalue weighted by atomic mass is 9.74. The van der Waals surface area contributed by atoms with Gasteiger partial charge in [0.2, 0.25) is 10.0 Å². The summed E-state index contributed by atoms with van der Waals surface area (Å²) in [6, 6.07) is 17.0. The van der Waals surface area contributed by atoms with Gasteiger partial charge in [-0.05, 0) is 61.6 Å². The van der Waals surface area contributed by atoms with Gasteiger partial charge in [0.1, 0.15) is 6.10 Å². The first-order chi connectivity index (χ1) is 20.0. The Labute approximate surface area is 243 Å². The average molecular weight is 599 g/mol. The molecule has 0 aromatic heterocycles. The van der Waals surface area contributed by atoms with Gasteiger partial charge < -0.3 is 14.2 Å². The maximum atomic E-state index is 13.3. The van der Waals surface area contributed by atoms with E-state index in [0.717, 1.165) is 22.3 Å². The molecule has 3 aromatic rings. The van der Waals surface area contributed by atoms with E-state index in [2.05, 4.69) is 4.72 Å². The van der Waals surface area contributed by atoms with Crippen molar-refractivity contribution in [2.45, 2.75) is 69.2 Å². The summed E-state index contributed by atoms with van der Waals surface area (Å²) in [5.74, 6) is -0.378. The molecular formula is C31H32F2N2O6S. The standard InChI is InChI=1S/C31H32F2N2O6S/c1-18-4-11-23(12-5-18)42(37,38)34-17-20-6-8-21(9-7-20)30-26-16-29(41-31(32)33)28(39-3)15-24(26)25-14-22(40-19(2)36)10-13-27(25)35-30/h4-9,11-12,15-16,22,25,27,31,34H,10,13-14,17H2,1-3H3. The maximum Gasteiger partial charge on any atom is 0.387 e. The Bertz CT molecular complexity index is 1590. The quantitative estimate of drug-likeness (QED) is 0.326. The van der Waals surface area contributed by atoms with Crippen LogP contribution in [0.3, 0.4) is 0 Å². The van der Waals surface area contributed by atoms with Crippen LogP contribution in [0.1, 0.15) is 59.9 Å². The van der Waals surface area contributed by atoms with Gasteiger partial charge in [-0.15, -0.1) is 0 Å². The number of hydrogen-bond acceptors (Lipinski definition) is 7. The number of esters is 1. The van der Waals surface area contributed by atoms with Crippen LogP contribution in [0.2, 0.25) is 0 Å². The van der Waals surface area contributed by atoms with Crippen LogP contribution in [0, 0.1) is 6.92 Å². The highest BCUT2D eigenvalue weighted by atomic mass is 32.2. The second-order valence-electron chi connectivity index (χ2n) is 10.5. The molecule has 42 heavy (non-hydrogen) atoms. The smallest absolute Gasteiger partial charge is 0.387 e. The van der Waals surface area contributed by atoms with Crippen LogP contribution in [0.4, 0.5) is 8.78 Å². The van der Waals surface area contributed by atoms with Crippen LogP contribution < -0.4 is 14.2 Å². The molecule has 0 bridgehead atoms. The van der Waals surface area contributed by atoms with Crippen molar-refractivity contribution in [1.82, 2.24) is 4.72 Å². The van der Waals surface area contributed by atoms with Crippen molar-refractivity contribution in [1.29, 1.82) is 0 Å². The molecule has 2 aliphatic rings. The lowest BCUT2D eigenvalue weighted by Crippen LogP contribution is -2.36. The third kappa shape index (κ3) is 6.47. The molecule has 1 saturated carbocycles. The molecule has 1 aliphatic carbocycles. The van der Waals surface area contributed by atoms with Gasteiger partial charge in [-0.1, -0.05) is 42.0 Å². The summed E-state index contributed by atoms with van der Waals surface area (Å²) in [6.07, 6.45) is 1.63. The number of carbonyl (C=O) groups excluding carboxylic acids is 1. The van der Waals surface area contributed by atoms with Crippen molar-refractivity contribution < 1.29 is 36.2 Å². The number of hydrogen-bond donors (Lipinski definition) is 1. The lowest BCUT2D eigenvalue weighted by Gasteiger charge is -2.38. The van der Waals surface area contributed by atoms with Gasteiger partial charge in [-0.25, -0.2) is 13.1 Å². The van der Waals surface area contributed by atoms with Gasteiger partial charge >= 0.3 is 12.6 Å². The van der Waals surface area contributed by atoms with Gasteiger partial charge in [0, 0.05) is 30.5 Å². The van der Waals surface area contributed by atoms with Crippen LogP contribution >= 0.6 is 0 Å². The summed E-state index contributed by atoms with van der Waals surface area (Å²) in [6.45, 7) is 0.314. The number of benzene rings is 3. The maximum absolute atomic E-state index is 13.3. The number of ether oxygens (including phenoxy) is 3. The van der Waals surface area contributed by atoms with Crippen molar-refractivity contribution >= 4 is 21.7 Å². The highest BCUT2D eigenvalue weighted by molar-refractivity contribution is 7.89. The summed E-state index contributed by atoms with van der Waals surface area (Å²) >= 11 is 0. The number of methoxy groups -OCH3 is 1. The van der Waals surface area contributed by atoms with E-state index in [1.54, 1.807) is 42.5 Å². The zero-order chi connectivity index (χ0) is 30.0. The number of alkyl halides is 2. The number of halogens is 2. The van der Waals surface area contributed by atoms with Gasteiger partial charge in [-0.2, -0.15) is 8.78 Å². The first-order valence-electron chi connectivity index (χ1n) is 13.6. The van der Waals surface area contributed by atoms with Crippen molar-refractivity contribution in [2.75, 3.05) is 7.11 Å². The highest BCUT2D eigenvalue weighted by Gasteiger charge is 2.39. The van der Waals surface area contributed by atoms with Crippen LogP contribution in [0.5, 0.6) is 11.5 Å². The van der Waals surface area contributed by atoms with E-state index < -0.39 is 16.6 Å².